The van der Waals surface area contributed by atoms with Crippen LogP contribution in [0.15, 0.2) is 24.3 Å². The predicted molar refractivity (Wildman–Crippen MR) is 94.1 cm³/mol. The van der Waals surface area contributed by atoms with Gasteiger partial charge in [0.25, 0.3) is 0 Å². The topological polar surface area (TPSA) is 41.6 Å². The zero-order chi connectivity index (χ0) is 17.0. The van der Waals surface area contributed by atoms with Gasteiger partial charge >= 0.3 is 6.09 Å². The minimum absolute atomic E-state index is 0.271. The summed E-state index contributed by atoms with van der Waals surface area (Å²) in [5, 5.41) is 4.29. The van der Waals surface area contributed by atoms with Crippen LogP contribution in [0.2, 0.25) is 5.02 Å². The lowest BCUT2D eigenvalue weighted by Crippen LogP contribution is -2.44. The maximum atomic E-state index is 11.8. The molecule has 0 unspecified atom stereocenters. The molecule has 1 fully saturated rings. The number of amides is 1. The molecule has 0 heterocycles. The molecule has 23 heavy (non-hydrogen) atoms. The van der Waals surface area contributed by atoms with Crippen LogP contribution in [0.5, 0.6) is 0 Å². The van der Waals surface area contributed by atoms with Crippen molar-refractivity contribution in [2.45, 2.75) is 51.2 Å². The van der Waals surface area contributed by atoms with E-state index in [0.717, 1.165) is 24.4 Å². The van der Waals surface area contributed by atoms with E-state index < -0.39 is 5.60 Å². The van der Waals surface area contributed by atoms with E-state index in [1.807, 2.05) is 32.9 Å². The zero-order valence-corrected chi connectivity index (χ0v) is 15.2. The molecule has 0 aliphatic heterocycles. The van der Waals surface area contributed by atoms with Crippen molar-refractivity contribution in [2.24, 2.45) is 0 Å². The molecule has 1 aromatic rings. The summed E-state index contributed by atoms with van der Waals surface area (Å²) in [7, 11) is 1.77. The summed E-state index contributed by atoms with van der Waals surface area (Å²) in [6.07, 6.45) is 2.00. The van der Waals surface area contributed by atoms with Crippen LogP contribution in [0.3, 0.4) is 0 Å². The van der Waals surface area contributed by atoms with Crippen LogP contribution in [-0.4, -0.2) is 42.8 Å². The van der Waals surface area contributed by atoms with E-state index in [0.29, 0.717) is 18.5 Å². The number of hydrogen-bond acceptors (Lipinski definition) is 3. The molecule has 0 aromatic heterocycles. The number of halogens is 1. The number of benzene rings is 1. The van der Waals surface area contributed by atoms with Gasteiger partial charge in [0.1, 0.15) is 5.60 Å². The lowest BCUT2D eigenvalue weighted by atomic mass is 9.76. The number of carbonyl (C=O) groups excluding carboxylic acids is 1. The highest BCUT2D eigenvalue weighted by Gasteiger charge is 2.29. The molecule has 0 radical (unpaired) electrons. The molecule has 1 saturated carbocycles. The molecule has 0 bridgehead atoms. The first-order chi connectivity index (χ1) is 10.7. The summed E-state index contributed by atoms with van der Waals surface area (Å²) < 4.78 is 5.33. The standard InChI is InChI=1S/C18H27ClN2O2/c1-18(2,3)23-17(22)21(4)10-9-20-16-11-14(12-16)13-5-7-15(19)8-6-13/h5-8,14,16,20H,9-12H2,1-4H3. The number of nitrogens with zero attached hydrogens (tertiary/aromatic N) is 1. The van der Waals surface area contributed by atoms with Gasteiger partial charge < -0.3 is 15.0 Å². The van der Waals surface area contributed by atoms with Crippen molar-refractivity contribution >= 4 is 17.7 Å². The van der Waals surface area contributed by atoms with E-state index in [9.17, 15) is 4.79 Å². The van der Waals surface area contributed by atoms with E-state index >= 15 is 0 Å². The first kappa shape index (κ1) is 18.1. The van der Waals surface area contributed by atoms with Gasteiger partial charge in [0.2, 0.25) is 0 Å². The summed E-state index contributed by atoms with van der Waals surface area (Å²) in [4.78, 5) is 13.5. The average Bonchev–Trinajstić information content (AvgIpc) is 2.40. The molecule has 5 heteroatoms. The SMILES string of the molecule is CN(CCNC1CC(c2ccc(Cl)cc2)C1)C(=O)OC(C)(C)C. The highest BCUT2D eigenvalue weighted by atomic mass is 35.5. The Kier molecular flexibility index (Phi) is 5.93. The molecule has 0 spiro atoms. The monoisotopic (exact) mass is 338 g/mol. The van der Waals surface area contributed by atoms with E-state index in [2.05, 4.69) is 17.4 Å². The molecule has 1 aliphatic carbocycles. The average molecular weight is 339 g/mol. The highest BCUT2D eigenvalue weighted by molar-refractivity contribution is 6.30. The second-order valence-electron chi connectivity index (χ2n) is 7.27. The maximum absolute atomic E-state index is 11.8. The third kappa shape index (κ3) is 5.70. The summed E-state index contributed by atoms with van der Waals surface area (Å²) >= 11 is 5.92. The predicted octanol–water partition coefficient (Wildman–Crippen LogP) is 4.04. The lowest BCUT2D eigenvalue weighted by molar-refractivity contribution is 0.0298. The Bertz CT molecular complexity index is 519. The molecule has 1 amide bonds. The van der Waals surface area contributed by atoms with Crippen molar-refractivity contribution in [3.8, 4) is 0 Å². The minimum Gasteiger partial charge on any atom is -0.444 e. The Balaban J connectivity index is 1.63. The third-order valence-electron chi connectivity index (χ3n) is 4.06. The van der Waals surface area contributed by atoms with E-state index in [-0.39, 0.29) is 6.09 Å². The molecular weight excluding hydrogens is 312 g/mol. The van der Waals surface area contributed by atoms with Crippen LogP contribution in [0.25, 0.3) is 0 Å². The summed E-state index contributed by atoms with van der Waals surface area (Å²) in [6.45, 7) is 7.07. The van der Waals surface area contributed by atoms with Crippen molar-refractivity contribution < 1.29 is 9.53 Å². The zero-order valence-electron chi connectivity index (χ0n) is 14.4. The molecule has 0 saturated heterocycles. The second-order valence-corrected chi connectivity index (χ2v) is 7.71. The van der Waals surface area contributed by atoms with E-state index in [1.165, 1.54) is 5.56 Å². The molecule has 1 N–H and O–H groups in total. The van der Waals surface area contributed by atoms with Gasteiger partial charge in [-0.15, -0.1) is 0 Å². The quantitative estimate of drug-likeness (QED) is 0.880. The van der Waals surface area contributed by atoms with Gasteiger partial charge in [-0.25, -0.2) is 4.79 Å². The van der Waals surface area contributed by atoms with Crippen molar-refractivity contribution in [1.82, 2.24) is 10.2 Å². The number of ether oxygens (including phenoxy) is 1. The van der Waals surface area contributed by atoms with Gasteiger partial charge in [0.15, 0.2) is 0 Å². The number of carbonyl (C=O) groups is 1. The Morgan fingerprint density at radius 2 is 1.91 bits per heavy atom. The molecule has 2 rings (SSSR count). The smallest absolute Gasteiger partial charge is 0.410 e. The highest BCUT2D eigenvalue weighted by Crippen LogP contribution is 2.37. The summed E-state index contributed by atoms with van der Waals surface area (Å²) in [6, 6.07) is 8.66. The number of hydrogen-bond donors (Lipinski definition) is 1. The van der Waals surface area contributed by atoms with Gasteiger partial charge in [-0.2, -0.15) is 0 Å². The fourth-order valence-electron chi connectivity index (χ4n) is 2.66. The van der Waals surface area contributed by atoms with Gasteiger partial charge in [0.05, 0.1) is 0 Å². The van der Waals surface area contributed by atoms with Crippen LogP contribution in [-0.2, 0) is 4.74 Å². The first-order valence-corrected chi connectivity index (χ1v) is 8.55. The second kappa shape index (κ2) is 7.54. The largest absolute Gasteiger partial charge is 0.444 e. The summed E-state index contributed by atoms with van der Waals surface area (Å²) in [5.74, 6) is 0.619. The van der Waals surface area contributed by atoms with Crippen LogP contribution in [0, 0.1) is 0 Å². The Hall–Kier alpha value is -1.26. The van der Waals surface area contributed by atoms with E-state index in [1.54, 1.807) is 11.9 Å². The third-order valence-corrected chi connectivity index (χ3v) is 4.32. The van der Waals surface area contributed by atoms with Gasteiger partial charge in [0, 0.05) is 31.2 Å². The van der Waals surface area contributed by atoms with Gasteiger partial charge in [-0.3, -0.25) is 0 Å². The molecule has 128 valence electrons. The number of rotatable bonds is 5. The van der Waals surface area contributed by atoms with E-state index in [4.69, 9.17) is 16.3 Å². The summed E-state index contributed by atoms with van der Waals surface area (Å²) in [5.41, 5.74) is 0.914. The maximum Gasteiger partial charge on any atom is 0.410 e. The van der Waals surface area contributed by atoms with Crippen molar-refractivity contribution in [3.05, 3.63) is 34.9 Å². The van der Waals surface area contributed by atoms with Crippen LogP contribution >= 0.6 is 11.6 Å². The number of nitrogens with one attached hydrogen (secondary N) is 1. The number of likely N-dealkylation sites (N-methyl/N-ethyl adjacent to an activating group) is 1. The van der Waals surface area contributed by atoms with Crippen LogP contribution in [0.1, 0.15) is 45.1 Å². The fourth-order valence-corrected chi connectivity index (χ4v) is 2.79. The normalized spacial score (nSPS) is 20.7. The molecule has 0 atom stereocenters. The molecule has 1 aliphatic rings. The Labute approximate surface area is 144 Å². The fraction of sp³-hybridized carbons (Fsp3) is 0.611. The van der Waals surface area contributed by atoms with Crippen molar-refractivity contribution in [1.29, 1.82) is 0 Å². The van der Waals surface area contributed by atoms with Crippen molar-refractivity contribution in [2.75, 3.05) is 20.1 Å². The van der Waals surface area contributed by atoms with Gasteiger partial charge in [-0.1, -0.05) is 23.7 Å². The Morgan fingerprint density at radius 3 is 2.48 bits per heavy atom. The first-order valence-electron chi connectivity index (χ1n) is 8.17. The van der Waals surface area contributed by atoms with Gasteiger partial charge in [-0.05, 0) is 57.2 Å². The van der Waals surface area contributed by atoms with Crippen LogP contribution < -0.4 is 5.32 Å². The Morgan fingerprint density at radius 1 is 1.30 bits per heavy atom. The minimum atomic E-state index is -0.446. The lowest BCUT2D eigenvalue weighted by Gasteiger charge is -2.37. The molecular formula is C18H27ClN2O2. The van der Waals surface area contributed by atoms with Crippen LogP contribution in [0.4, 0.5) is 4.79 Å². The molecule has 1 aromatic carbocycles. The van der Waals surface area contributed by atoms with Crippen molar-refractivity contribution in [3.63, 3.8) is 0 Å². The molecule has 4 nitrogen and oxygen atoms in total.